The molecule has 0 spiro atoms. The standard InChI is InChI=1S/C12H11ClN4O3/c13-8-1-2-11(17(18)19)12(5-8)20-7-10-6-9(16-14)3-4-15-10/h1-6H,7,14H2,(H,15,16). The van der Waals surface area contributed by atoms with Gasteiger partial charge >= 0.3 is 5.69 Å². The molecule has 3 N–H and O–H groups in total. The molecular weight excluding hydrogens is 284 g/mol. The smallest absolute Gasteiger partial charge is 0.311 e. The van der Waals surface area contributed by atoms with E-state index in [1.54, 1.807) is 18.3 Å². The van der Waals surface area contributed by atoms with Crippen molar-refractivity contribution >= 4 is 23.0 Å². The molecule has 2 rings (SSSR count). The Morgan fingerprint density at radius 3 is 2.90 bits per heavy atom. The van der Waals surface area contributed by atoms with Gasteiger partial charge < -0.3 is 10.2 Å². The van der Waals surface area contributed by atoms with E-state index >= 15 is 0 Å². The van der Waals surface area contributed by atoms with Gasteiger partial charge in [-0.1, -0.05) is 11.6 Å². The van der Waals surface area contributed by atoms with E-state index in [1.807, 2.05) is 0 Å². The third-order valence-corrected chi connectivity index (χ3v) is 2.71. The zero-order valence-corrected chi connectivity index (χ0v) is 11.0. The van der Waals surface area contributed by atoms with E-state index in [-0.39, 0.29) is 18.0 Å². The predicted octanol–water partition coefficient (Wildman–Crippen LogP) is 2.51. The molecule has 0 aliphatic heterocycles. The summed E-state index contributed by atoms with van der Waals surface area (Å²) in [6.07, 6.45) is 1.56. The highest BCUT2D eigenvalue weighted by Crippen LogP contribution is 2.30. The van der Waals surface area contributed by atoms with Crippen LogP contribution in [-0.4, -0.2) is 9.91 Å². The molecule has 0 aliphatic rings. The van der Waals surface area contributed by atoms with E-state index < -0.39 is 4.92 Å². The van der Waals surface area contributed by atoms with Crippen molar-refractivity contribution < 1.29 is 9.66 Å². The van der Waals surface area contributed by atoms with E-state index in [2.05, 4.69) is 10.4 Å². The normalized spacial score (nSPS) is 10.1. The molecule has 0 radical (unpaired) electrons. The topological polar surface area (TPSA) is 103 Å². The number of nitrogens with two attached hydrogens (primary N) is 1. The highest BCUT2D eigenvalue weighted by Gasteiger charge is 2.15. The lowest BCUT2D eigenvalue weighted by molar-refractivity contribution is -0.385. The number of nitrogen functional groups attached to an aromatic ring is 1. The highest BCUT2D eigenvalue weighted by atomic mass is 35.5. The molecule has 0 fully saturated rings. The zero-order valence-electron chi connectivity index (χ0n) is 10.2. The molecule has 0 amide bonds. The minimum Gasteiger partial charge on any atom is -0.480 e. The summed E-state index contributed by atoms with van der Waals surface area (Å²) in [4.78, 5) is 14.4. The predicted molar refractivity (Wildman–Crippen MR) is 74.5 cm³/mol. The van der Waals surface area contributed by atoms with Crippen LogP contribution in [0.25, 0.3) is 0 Å². The van der Waals surface area contributed by atoms with Crippen molar-refractivity contribution in [3.05, 3.63) is 57.4 Å². The number of anilines is 1. The maximum Gasteiger partial charge on any atom is 0.311 e. The average Bonchev–Trinajstić information content (AvgIpc) is 2.45. The fourth-order valence-corrected chi connectivity index (χ4v) is 1.72. The maximum atomic E-state index is 10.9. The number of rotatable bonds is 5. The monoisotopic (exact) mass is 294 g/mol. The van der Waals surface area contributed by atoms with E-state index in [9.17, 15) is 10.1 Å². The van der Waals surface area contributed by atoms with Crippen molar-refractivity contribution in [1.29, 1.82) is 0 Å². The van der Waals surface area contributed by atoms with E-state index in [1.165, 1.54) is 18.2 Å². The third-order valence-electron chi connectivity index (χ3n) is 2.48. The molecular formula is C12H11ClN4O3. The first-order valence-electron chi connectivity index (χ1n) is 5.58. The summed E-state index contributed by atoms with van der Waals surface area (Å²) in [5.41, 5.74) is 3.57. The Labute approximate surface area is 119 Å². The second-order valence-electron chi connectivity index (χ2n) is 3.84. The molecule has 0 saturated heterocycles. The molecule has 1 heterocycles. The number of hydrazine groups is 1. The summed E-state index contributed by atoms with van der Waals surface area (Å²) in [5, 5.41) is 11.2. The molecule has 0 atom stereocenters. The van der Waals surface area contributed by atoms with Crippen LogP contribution in [-0.2, 0) is 6.61 Å². The summed E-state index contributed by atoms with van der Waals surface area (Å²) in [6.45, 7) is 0.0662. The number of ether oxygens (including phenoxy) is 1. The number of nitrogens with one attached hydrogen (secondary N) is 1. The number of nitro benzene ring substituents is 1. The van der Waals surface area contributed by atoms with Crippen LogP contribution < -0.4 is 16.0 Å². The molecule has 0 aliphatic carbocycles. The molecule has 7 nitrogen and oxygen atoms in total. The Kier molecular flexibility index (Phi) is 4.34. The van der Waals surface area contributed by atoms with Gasteiger partial charge in [-0.05, 0) is 18.2 Å². The van der Waals surface area contributed by atoms with Crippen molar-refractivity contribution in [2.24, 2.45) is 5.84 Å². The Hall–Kier alpha value is -2.38. The number of nitrogens with zero attached hydrogens (tertiary/aromatic N) is 2. The SMILES string of the molecule is NNc1ccnc(COc2cc(Cl)ccc2[N+](=O)[O-])c1. The lowest BCUT2D eigenvalue weighted by atomic mass is 10.3. The van der Waals surface area contributed by atoms with E-state index in [0.717, 1.165) is 0 Å². The Morgan fingerprint density at radius 1 is 1.40 bits per heavy atom. The number of hydrogen-bond acceptors (Lipinski definition) is 6. The lowest BCUT2D eigenvalue weighted by Crippen LogP contribution is -2.08. The fourth-order valence-electron chi connectivity index (χ4n) is 1.55. The van der Waals surface area contributed by atoms with Crippen LogP contribution in [0.15, 0.2) is 36.5 Å². The van der Waals surface area contributed by atoms with E-state index in [4.69, 9.17) is 22.2 Å². The van der Waals surface area contributed by atoms with Crippen LogP contribution >= 0.6 is 11.6 Å². The second-order valence-corrected chi connectivity index (χ2v) is 4.27. The number of nitro groups is 1. The molecule has 20 heavy (non-hydrogen) atoms. The number of halogens is 1. The van der Waals surface area contributed by atoms with Crippen LogP contribution in [0, 0.1) is 10.1 Å². The van der Waals surface area contributed by atoms with Gasteiger partial charge in [-0.2, -0.15) is 0 Å². The summed E-state index contributed by atoms with van der Waals surface area (Å²) in [7, 11) is 0. The summed E-state index contributed by atoms with van der Waals surface area (Å²) >= 11 is 5.81. The largest absolute Gasteiger partial charge is 0.480 e. The zero-order chi connectivity index (χ0) is 14.5. The Bertz CT molecular complexity index is 636. The Morgan fingerprint density at radius 2 is 2.20 bits per heavy atom. The lowest BCUT2D eigenvalue weighted by Gasteiger charge is -2.07. The highest BCUT2D eigenvalue weighted by molar-refractivity contribution is 6.30. The minimum absolute atomic E-state index is 0.0662. The van der Waals surface area contributed by atoms with Crippen molar-refractivity contribution in [3.8, 4) is 5.75 Å². The number of hydrogen-bond donors (Lipinski definition) is 2. The van der Waals surface area contributed by atoms with Gasteiger partial charge in [0.2, 0.25) is 0 Å². The molecule has 104 valence electrons. The quantitative estimate of drug-likeness (QED) is 0.499. The first-order valence-corrected chi connectivity index (χ1v) is 5.96. The first kappa shape index (κ1) is 14.0. The molecule has 2 aromatic rings. The van der Waals surface area contributed by atoms with Crippen molar-refractivity contribution in [2.45, 2.75) is 6.61 Å². The van der Waals surface area contributed by atoms with Crippen molar-refractivity contribution in [2.75, 3.05) is 5.43 Å². The molecule has 1 aromatic carbocycles. The molecule has 0 bridgehead atoms. The minimum atomic E-state index is -0.531. The van der Waals surface area contributed by atoms with Gasteiger partial charge in [-0.3, -0.25) is 20.9 Å². The van der Waals surface area contributed by atoms with Gasteiger partial charge in [0.05, 0.1) is 16.3 Å². The van der Waals surface area contributed by atoms with Gasteiger partial charge in [0.15, 0.2) is 5.75 Å². The second kappa shape index (κ2) is 6.18. The van der Waals surface area contributed by atoms with Gasteiger partial charge in [0, 0.05) is 23.4 Å². The number of pyridine rings is 1. The van der Waals surface area contributed by atoms with Gasteiger partial charge in [-0.25, -0.2) is 0 Å². The third kappa shape index (κ3) is 3.34. The fraction of sp³-hybridized carbons (Fsp3) is 0.0833. The van der Waals surface area contributed by atoms with Crippen LogP contribution in [0.3, 0.4) is 0 Å². The molecule has 1 aromatic heterocycles. The van der Waals surface area contributed by atoms with Crippen molar-refractivity contribution in [3.63, 3.8) is 0 Å². The number of benzene rings is 1. The van der Waals surface area contributed by atoms with Gasteiger partial charge in [0.1, 0.15) is 6.61 Å². The van der Waals surface area contributed by atoms with Crippen LogP contribution in [0.4, 0.5) is 11.4 Å². The number of aromatic nitrogens is 1. The molecule has 0 saturated carbocycles. The Balaban J connectivity index is 2.17. The first-order chi connectivity index (χ1) is 9.60. The van der Waals surface area contributed by atoms with Crippen LogP contribution in [0.5, 0.6) is 5.75 Å². The molecule has 8 heteroatoms. The van der Waals surface area contributed by atoms with Crippen LogP contribution in [0.2, 0.25) is 5.02 Å². The van der Waals surface area contributed by atoms with Crippen molar-refractivity contribution in [1.82, 2.24) is 4.98 Å². The van der Waals surface area contributed by atoms with Crippen LogP contribution in [0.1, 0.15) is 5.69 Å². The molecule has 0 unspecified atom stereocenters. The average molecular weight is 295 g/mol. The summed E-state index contributed by atoms with van der Waals surface area (Å²) in [5.74, 6) is 5.38. The van der Waals surface area contributed by atoms with Gasteiger partial charge in [-0.15, -0.1) is 0 Å². The summed E-state index contributed by atoms with van der Waals surface area (Å²) in [6, 6.07) is 7.49. The van der Waals surface area contributed by atoms with Gasteiger partial charge in [0.25, 0.3) is 0 Å². The maximum absolute atomic E-state index is 10.9. The van der Waals surface area contributed by atoms with E-state index in [0.29, 0.717) is 16.4 Å². The summed E-state index contributed by atoms with van der Waals surface area (Å²) < 4.78 is 5.41.